The fourth-order valence-electron chi connectivity index (χ4n) is 3.36. The van der Waals surface area contributed by atoms with Crippen molar-refractivity contribution in [2.75, 3.05) is 26.2 Å². The van der Waals surface area contributed by atoms with Gasteiger partial charge in [-0.2, -0.15) is 5.10 Å². The summed E-state index contributed by atoms with van der Waals surface area (Å²) in [6.07, 6.45) is 6.30. The molecule has 142 valence electrons. The lowest BCUT2D eigenvalue weighted by Crippen LogP contribution is -2.35. The standard InChI is InChI=1S/C19H30N6O/c1-4-5-7-18-20-13-16(21-18)14-24-8-6-9-25(11-10-24)19(26)17-12-15(2)23(3)22-17/h12-13H,4-11,14H2,1-3H3,(H,20,21). The number of carbonyl (C=O) groups is 1. The van der Waals surface area contributed by atoms with Crippen LogP contribution in [0.5, 0.6) is 0 Å². The van der Waals surface area contributed by atoms with E-state index in [2.05, 4.69) is 26.9 Å². The van der Waals surface area contributed by atoms with E-state index in [0.29, 0.717) is 5.69 Å². The highest BCUT2D eigenvalue weighted by atomic mass is 16.2. The first-order valence-corrected chi connectivity index (χ1v) is 9.62. The van der Waals surface area contributed by atoms with Crippen LogP contribution >= 0.6 is 0 Å². The van der Waals surface area contributed by atoms with Crippen LogP contribution in [0.3, 0.4) is 0 Å². The predicted molar refractivity (Wildman–Crippen MR) is 101 cm³/mol. The maximum absolute atomic E-state index is 12.7. The predicted octanol–water partition coefficient (Wildman–Crippen LogP) is 2.14. The number of aryl methyl sites for hydroxylation is 3. The number of amides is 1. The van der Waals surface area contributed by atoms with Gasteiger partial charge in [-0.15, -0.1) is 0 Å². The summed E-state index contributed by atoms with van der Waals surface area (Å²) in [5.41, 5.74) is 2.71. The van der Waals surface area contributed by atoms with Crippen LogP contribution in [0.25, 0.3) is 0 Å². The van der Waals surface area contributed by atoms with E-state index in [0.717, 1.165) is 62.8 Å². The van der Waals surface area contributed by atoms with E-state index in [1.54, 1.807) is 4.68 Å². The maximum Gasteiger partial charge on any atom is 0.274 e. The fourth-order valence-corrected chi connectivity index (χ4v) is 3.36. The van der Waals surface area contributed by atoms with E-state index in [1.807, 2.05) is 31.1 Å². The highest BCUT2D eigenvalue weighted by Gasteiger charge is 2.22. The first kappa shape index (κ1) is 18.6. The molecule has 0 spiro atoms. The van der Waals surface area contributed by atoms with E-state index in [1.165, 1.54) is 12.8 Å². The Hall–Kier alpha value is -2.15. The van der Waals surface area contributed by atoms with Crippen LogP contribution in [0, 0.1) is 6.92 Å². The molecule has 0 aliphatic carbocycles. The van der Waals surface area contributed by atoms with Crippen LogP contribution in [0.4, 0.5) is 0 Å². The molecule has 7 heteroatoms. The number of rotatable bonds is 6. The molecular formula is C19H30N6O. The minimum atomic E-state index is 0.0407. The van der Waals surface area contributed by atoms with Crippen molar-refractivity contribution in [3.05, 3.63) is 35.2 Å². The number of aromatic nitrogens is 4. The Balaban J connectivity index is 1.54. The lowest BCUT2D eigenvalue weighted by Gasteiger charge is -2.21. The molecular weight excluding hydrogens is 328 g/mol. The van der Waals surface area contributed by atoms with Gasteiger partial charge in [0.15, 0.2) is 5.69 Å². The molecule has 3 rings (SSSR count). The third-order valence-electron chi connectivity index (χ3n) is 5.05. The Labute approximate surface area is 155 Å². The molecule has 1 fully saturated rings. The van der Waals surface area contributed by atoms with E-state index < -0.39 is 0 Å². The molecule has 7 nitrogen and oxygen atoms in total. The Morgan fingerprint density at radius 1 is 1.27 bits per heavy atom. The molecule has 2 aromatic rings. The molecule has 1 aliphatic heterocycles. The lowest BCUT2D eigenvalue weighted by atomic mass is 10.2. The number of carbonyl (C=O) groups excluding carboxylic acids is 1. The number of unbranched alkanes of at least 4 members (excludes halogenated alkanes) is 1. The number of nitrogens with zero attached hydrogens (tertiary/aromatic N) is 5. The third kappa shape index (κ3) is 4.52. The Morgan fingerprint density at radius 3 is 2.85 bits per heavy atom. The molecule has 1 amide bonds. The average Bonchev–Trinajstić information content (AvgIpc) is 3.12. The summed E-state index contributed by atoms with van der Waals surface area (Å²) in [5.74, 6) is 1.12. The van der Waals surface area contributed by atoms with Crippen molar-refractivity contribution in [2.24, 2.45) is 7.05 Å². The molecule has 26 heavy (non-hydrogen) atoms. The topological polar surface area (TPSA) is 70.1 Å². The first-order valence-electron chi connectivity index (χ1n) is 9.62. The van der Waals surface area contributed by atoms with Crippen molar-refractivity contribution in [3.8, 4) is 0 Å². The highest BCUT2D eigenvalue weighted by Crippen LogP contribution is 2.12. The number of aromatic amines is 1. The van der Waals surface area contributed by atoms with Gasteiger partial charge in [0.2, 0.25) is 0 Å². The maximum atomic E-state index is 12.7. The summed E-state index contributed by atoms with van der Waals surface area (Å²) in [6.45, 7) is 8.42. The first-order chi connectivity index (χ1) is 12.6. The van der Waals surface area contributed by atoms with Crippen molar-refractivity contribution >= 4 is 5.91 Å². The van der Waals surface area contributed by atoms with Gasteiger partial charge < -0.3 is 9.88 Å². The Kier molecular flexibility index (Phi) is 6.08. The van der Waals surface area contributed by atoms with Gasteiger partial charge in [0.1, 0.15) is 5.82 Å². The van der Waals surface area contributed by atoms with Gasteiger partial charge in [-0.25, -0.2) is 4.98 Å². The fraction of sp³-hybridized carbons (Fsp3) is 0.632. The number of nitrogens with one attached hydrogen (secondary N) is 1. The summed E-state index contributed by atoms with van der Waals surface area (Å²) >= 11 is 0. The number of H-pyrrole nitrogens is 1. The molecule has 0 unspecified atom stereocenters. The van der Waals surface area contributed by atoms with E-state index in [9.17, 15) is 4.79 Å². The monoisotopic (exact) mass is 358 g/mol. The SMILES string of the molecule is CCCCc1ncc(CN2CCCN(C(=O)c3cc(C)n(C)n3)CC2)[nH]1. The van der Waals surface area contributed by atoms with Crippen molar-refractivity contribution in [1.82, 2.24) is 29.5 Å². The lowest BCUT2D eigenvalue weighted by molar-refractivity contribution is 0.0754. The Morgan fingerprint density at radius 2 is 2.12 bits per heavy atom. The molecule has 3 heterocycles. The van der Waals surface area contributed by atoms with Gasteiger partial charge >= 0.3 is 0 Å². The summed E-state index contributed by atoms with van der Waals surface area (Å²) < 4.78 is 1.76. The van der Waals surface area contributed by atoms with Crippen LogP contribution in [0.1, 0.15) is 53.9 Å². The van der Waals surface area contributed by atoms with Crippen LogP contribution in [-0.2, 0) is 20.0 Å². The van der Waals surface area contributed by atoms with E-state index in [-0.39, 0.29) is 5.91 Å². The number of hydrogen-bond acceptors (Lipinski definition) is 4. The molecule has 2 aromatic heterocycles. The molecule has 0 bridgehead atoms. The largest absolute Gasteiger partial charge is 0.345 e. The quantitative estimate of drug-likeness (QED) is 0.859. The zero-order valence-electron chi connectivity index (χ0n) is 16.2. The molecule has 0 radical (unpaired) electrons. The van der Waals surface area contributed by atoms with Gasteiger partial charge in [0, 0.05) is 63.8 Å². The number of hydrogen-bond donors (Lipinski definition) is 1. The summed E-state index contributed by atoms with van der Waals surface area (Å²) in [4.78, 5) is 24.9. The highest BCUT2D eigenvalue weighted by molar-refractivity contribution is 5.92. The minimum Gasteiger partial charge on any atom is -0.345 e. The molecule has 0 aromatic carbocycles. The summed E-state index contributed by atoms with van der Waals surface area (Å²) in [5, 5.41) is 4.33. The van der Waals surface area contributed by atoms with Crippen LogP contribution < -0.4 is 0 Å². The molecule has 1 N–H and O–H groups in total. The summed E-state index contributed by atoms with van der Waals surface area (Å²) in [7, 11) is 1.87. The van der Waals surface area contributed by atoms with Gasteiger partial charge in [-0.05, 0) is 25.8 Å². The molecule has 0 saturated carbocycles. The van der Waals surface area contributed by atoms with Gasteiger partial charge in [-0.3, -0.25) is 14.4 Å². The van der Waals surface area contributed by atoms with Crippen LogP contribution in [-0.4, -0.2) is 61.6 Å². The second-order valence-corrected chi connectivity index (χ2v) is 7.18. The zero-order valence-corrected chi connectivity index (χ0v) is 16.2. The van der Waals surface area contributed by atoms with E-state index >= 15 is 0 Å². The van der Waals surface area contributed by atoms with Gasteiger partial charge in [0.25, 0.3) is 5.91 Å². The second kappa shape index (κ2) is 8.49. The smallest absolute Gasteiger partial charge is 0.274 e. The number of imidazole rings is 1. The van der Waals surface area contributed by atoms with Crippen molar-refractivity contribution in [1.29, 1.82) is 0 Å². The van der Waals surface area contributed by atoms with Crippen molar-refractivity contribution in [2.45, 2.75) is 46.1 Å². The molecule has 0 atom stereocenters. The third-order valence-corrected chi connectivity index (χ3v) is 5.05. The molecule has 1 saturated heterocycles. The minimum absolute atomic E-state index is 0.0407. The van der Waals surface area contributed by atoms with Crippen LogP contribution in [0.15, 0.2) is 12.3 Å². The average molecular weight is 358 g/mol. The van der Waals surface area contributed by atoms with Crippen molar-refractivity contribution < 1.29 is 4.79 Å². The second-order valence-electron chi connectivity index (χ2n) is 7.18. The molecule has 1 aliphatic rings. The van der Waals surface area contributed by atoms with E-state index in [4.69, 9.17) is 0 Å². The normalized spacial score (nSPS) is 16.0. The zero-order chi connectivity index (χ0) is 18.5. The van der Waals surface area contributed by atoms with Crippen molar-refractivity contribution in [3.63, 3.8) is 0 Å². The summed E-state index contributed by atoms with van der Waals surface area (Å²) in [6, 6.07) is 1.87. The van der Waals surface area contributed by atoms with Gasteiger partial charge in [-0.1, -0.05) is 13.3 Å². The van der Waals surface area contributed by atoms with Gasteiger partial charge in [0.05, 0.1) is 0 Å². The Bertz CT molecular complexity index is 715. The van der Waals surface area contributed by atoms with Crippen LogP contribution in [0.2, 0.25) is 0 Å².